The minimum Gasteiger partial charge on any atom is -0.465 e. The Bertz CT molecular complexity index is 1510. The van der Waals surface area contributed by atoms with E-state index < -0.39 is 5.97 Å². The van der Waals surface area contributed by atoms with E-state index in [4.69, 9.17) is 4.74 Å². The number of para-hydroxylation sites is 1. The van der Waals surface area contributed by atoms with Crippen molar-refractivity contribution in [3.05, 3.63) is 77.5 Å². The smallest absolute Gasteiger partial charge is 0.334 e. The van der Waals surface area contributed by atoms with Crippen LogP contribution in [0, 0.1) is 6.92 Å². The quantitative estimate of drug-likeness (QED) is 0.400. The van der Waals surface area contributed by atoms with Crippen LogP contribution < -0.4 is 5.69 Å². The Kier molecular flexibility index (Phi) is 4.78. The van der Waals surface area contributed by atoms with Crippen LogP contribution in [-0.2, 0) is 16.1 Å². The maximum absolute atomic E-state index is 13.3. The van der Waals surface area contributed by atoms with Crippen molar-refractivity contribution in [2.75, 3.05) is 6.61 Å². The number of aryl methyl sites for hydroxylation is 1. The number of aromatic nitrogens is 6. The second kappa shape index (κ2) is 7.77. The number of esters is 1. The van der Waals surface area contributed by atoms with Gasteiger partial charge in [0.25, 0.3) is 0 Å². The number of ether oxygens (including phenoxy) is 1. The van der Waals surface area contributed by atoms with Gasteiger partial charge in [-0.3, -0.25) is 13.9 Å². The van der Waals surface area contributed by atoms with Gasteiger partial charge in [-0.1, -0.05) is 12.1 Å². The standard InChI is InChI=1S/C23H20N6O3/c1-3-32-20(30)13-28-18-8-4-6-15(2)21(18)29(23(28)31)16-10-25-22(26-11-16)17-7-5-9-27-14-24-12-19(17)27/h4-12,14H,3,13H2,1-2H3. The fraction of sp³-hybridized carbons (Fsp3) is 0.174. The van der Waals surface area contributed by atoms with Gasteiger partial charge in [0.05, 0.1) is 53.8 Å². The van der Waals surface area contributed by atoms with Gasteiger partial charge in [0.2, 0.25) is 0 Å². The molecule has 4 aromatic heterocycles. The Hall–Kier alpha value is -4.27. The first-order chi connectivity index (χ1) is 15.6. The summed E-state index contributed by atoms with van der Waals surface area (Å²) in [6.45, 7) is 3.74. The topological polar surface area (TPSA) is 96.3 Å². The van der Waals surface area contributed by atoms with E-state index in [-0.39, 0.29) is 18.8 Å². The van der Waals surface area contributed by atoms with E-state index in [1.807, 2.05) is 47.9 Å². The lowest BCUT2D eigenvalue weighted by Gasteiger charge is -2.07. The Labute approximate surface area is 182 Å². The van der Waals surface area contributed by atoms with E-state index in [2.05, 4.69) is 15.0 Å². The molecule has 5 aromatic rings. The van der Waals surface area contributed by atoms with Gasteiger partial charge in [-0.25, -0.2) is 19.7 Å². The van der Waals surface area contributed by atoms with Crippen LogP contribution in [0.3, 0.4) is 0 Å². The van der Waals surface area contributed by atoms with Gasteiger partial charge in [0.15, 0.2) is 5.82 Å². The number of carbonyl (C=O) groups is 1. The number of pyridine rings is 1. The lowest BCUT2D eigenvalue weighted by molar-refractivity contribution is -0.143. The molecule has 4 heterocycles. The van der Waals surface area contributed by atoms with Crippen LogP contribution in [0.25, 0.3) is 33.6 Å². The highest BCUT2D eigenvalue weighted by molar-refractivity contribution is 5.83. The van der Waals surface area contributed by atoms with Crippen LogP contribution in [0.15, 0.2) is 66.2 Å². The summed E-state index contributed by atoms with van der Waals surface area (Å²) in [5.41, 5.74) is 4.14. The van der Waals surface area contributed by atoms with Gasteiger partial charge < -0.3 is 9.14 Å². The van der Waals surface area contributed by atoms with Crippen LogP contribution in [0.2, 0.25) is 0 Å². The summed E-state index contributed by atoms with van der Waals surface area (Å²) in [5.74, 6) is 0.0653. The zero-order valence-corrected chi connectivity index (χ0v) is 17.6. The lowest BCUT2D eigenvalue weighted by atomic mass is 10.2. The van der Waals surface area contributed by atoms with Crippen LogP contribution in [0.1, 0.15) is 12.5 Å². The van der Waals surface area contributed by atoms with E-state index in [0.29, 0.717) is 22.5 Å². The largest absolute Gasteiger partial charge is 0.465 e. The van der Waals surface area contributed by atoms with E-state index in [9.17, 15) is 9.59 Å². The van der Waals surface area contributed by atoms with Crippen LogP contribution >= 0.6 is 0 Å². The van der Waals surface area contributed by atoms with Crippen LogP contribution in [0.5, 0.6) is 0 Å². The van der Waals surface area contributed by atoms with Gasteiger partial charge in [-0.2, -0.15) is 0 Å². The third kappa shape index (κ3) is 3.15. The summed E-state index contributed by atoms with van der Waals surface area (Å²) in [6, 6.07) is 9.41. The molecule has 32 heavy (non-hydrogen) atoms. The van der Waals surface area contributed by atoms with Crippen molar-refractivity contribution in [3.63, 3.8) is 0 Å². The maximum atomic E-state index is 13.3. The number of hydrogen-bond donors (Lipinski definition) is 0. The Morgan fingerprint density at radius 3 is 2.66 bits per heavy atom. The molecule has 0 aliphatic rings. The molecule has 0 saturated heterocycles. The molecule has 9 nitrogen and oxygen atoms in total. The van der Waals surface area contributed by atoms with Crippen molar-refractivity contribution < 1.29 is 9.53 Å². The fourth-order valence-electron chi connectivity index (χ4n) is 3.91. The molecule has 160 valence electrons. The summed E-state index contributed by atoms with van der Waals surface area (Å²) in [6.07, 6.45) is 8.60. The van der Waals surface area contributed by atoms with E-state index in [1.54, 1.807) is 31.8 Å². The SMILES string of the molecule is CCOC(=O)Cn1c(=O)n(-c2cnc(-c3cccn4cncc34)nc2)c2c(C)cccc21. The highest BCUT2D eigenvalue weighted by Crippen LogP contribution is 2.23. The lowest BCUT2D eigenvalue weighted by Crippen LogP contribution is -2.27. The molecule has 0 unspecified atom stereocenters. The maximum Gasteiger partial charge on any atom is 0.334 e. The molecule has 0 amide bonds. The normalized spacial score (nSPS) is 11.3. The summed E-state index contributed by atoms with van der Waals surface area (Å²) < 4.78 is 9.89. The van der Waals surface area contributed by atoms with Crippen molar-refractivity contribution in [3.8, 4) is 17.1 Å². The summed E-state index contributed by atoms with van der Waals surface area (Å²) in [7, 11) is 0. The number of rotatable bonds is 5. The molecule has 0 fully saturated rings. The van der Waals surface area contributed by atoms with Gasteiger partial charge in [-0.15, -0.1) is 0 Å². The first-order valence-electron chi connectivity index (χ1n) is 10.2. The van der Waals surface area contributed by atoms with Gasteiger partial charge >= 0.3 is 11.7 Å². The molecule has 0 aliphatic carbocycles. The number of hydrogen-bond acceptors (Lipinski definition) is 6. The Balaban J connectivity index is 1.63. The molecular weight excluding hydrogens is 408 g/mol. The van der Waals surface area contributed by atoms with Crippen molar-refractivity contribution in [1.29, 1.82) is 0 Å². The number of nitrogens with zero attached hydrogens (tertiary/aromatic N) is 6. The van der Waals surface area contributed by atoms with E-state index >= 15 is 0 Å². The molecular formula is C23H20N6O3. The minimum atomic E-state index is -0.462. The van der Waals surface area contributed by atoms with E-state index in [0.717, 1.165) is 16.6 Å². The highest BCUT2D eigenvalue weighted by atomic mass is 16.5. The molecule has 0 aliphatic heterocycles. The fourth-order valence-corrected chi connectivity index (χ4v) is 3.91. The number of fused-ring (bicyclic) bond motifs is 2. The molecule has 0 bridgehead atoms. The molecule has 1 aromatic carbocycles. The van der Waals surface area contributed by atoms with Crippen molar-refractivity contribution in [2.45, 2.75) is 20.4 Å². The average Bonchev–Trinajstić information content (AvgIpc) is 3.38. The molecule has 0 N–H and O–H groups in total. The monoisotopic (exact) mass is 428 g/mol. The zero-order chi connectivity index (χ0) is 22.2. The second-order valence-corrected chi connectivity index (χ2v) is 7.32. The van der Waals surface area contributed by atoms with Crippen molar-refractivity contribution in [2.24, 2.45) is 0 Å². The third-order valence-corrected chi connectivity index (χ3v) is 5.33. The van der Waals surface area contributed by atoms with Crippen LogP contribution in [0.4, 0.5) is 0 Å². The molecule has 9 heteroatoms. The summed E-state index contributed by atoms with van der Waals surface area (Å²) in [4.78, 5) is 38.6. The highest BCUT2D eigenvalue weighted by Gasteiger charge is 2.19. The van der Waals surface area contributed by atoms with Crippen molar-refractivity contribution >= 4 is 22.5 Å². The first-order valence-corrected chi connectivity index (χ1v) is 10.2. The Morgan fingerprint density at radius 2 is 1.88 bits per heavy atom. The van der Waals surface area contributed by atoms with E-state index in [1.165, 1.54) is 9.13 Å². The third-order valence-electron chi connectivity index (χ3n) is 5.33. The van der Waals surface area contributed by atoms with Gasteiger partial charge in [0, 0.05) is 11.8 Å². The summed E-state index contributed by atoms with van der Waals surface area (Å²) >= 11 is 0. The van der Waals surface area contributed by atoms with Crippen molar-refractivity contribution in [1.82, 2.24) is 28.5 Å². The zero-order valence-electron chi connectivity index (χ0n) is 17.6. The number of benzene rings is 1. The second-order valence-electron chi connectivity index (χ2n) is 7.32. The molecule has 0 saturated carbocycles. The predicted octanol–water partition coefficient (Wildman–Crippen LogP) is 2.77. The molecule has 0 atom stereocenters. The number of imidazole rings is 2. The molecule has 5 rings (SSSR count). The van der Waals surface area contributed by atoms with Gasteiger partial charge in [-0.05, 0) is 37.6 Å². The summed E-state index contributed by atoms with van der Waals surface area (Å²) in [5, 5.41) is 0. The van der Waals surface area contributed by atoms with Gasteiger partial charge in [0.1, 0.15) is 6.54 Å². The first kappa shape index (κ1) is 19.7. The average molecular weight is 428 g/mol. The Morgan fingerprint density at radius 1 is 1.06 bits per heavy atom. The number of carbonyl (C=O) groups excluding carboxylic acids is 1. The molecule has 0 spiro atoms. The molecule has 0 radical (unpaired) electrons. The predicted molar refractivity (Wildman–Crippen MR) is 119 cm³/mol. The van der Waals surface area contributed by atoms with Crippen LogP contribution in [-0.4, -0.2) is 41.1 Å². The minimum absolute atomic E-state index is 0.165.